The Balaban J connectivity index is 1.29. The van der Waals surface area contributed by atoms with Crippen molar-refractivity contribution < 1.29 is 9.26 Å². The van der Waals surface area contributed by atoms with Gasteiger partial charge in [0.05, 0.1) is 5.69 Å². The molecule has 0 aliphatic carbocycles. The normalized spacial score (nSPS) is 23.9. The first-order valence-corrected chi connectivity index (χ1v) is 10.2. The molecule has 0 amide bonds. The minimum absolute atomic E-state index is 0.448. The molecule has 1 aromatic carbocycles. The van der Waals surface area contributed by atoms with Gasteiger partial charge in [-0.2, -0.15) is 0 Å². The molecule has 2 aliphatic heterocycles. The fourth-order valence-corrected chi connectivity index (χ4v) is 4.76. The van der Waals surface area contributed by atoms with Crippen molar-refractivity contribution in [2.24, 2.45) is 5.41 Å². The van der Waals surface area contributed by atoms with Crippen LogP contribution in [0.25, 0.3) is 0 Å². The van der Waals surface area contributed by atoms with E-state index in [0.717, 1.165) is 36.9 Å². The summed E-state index contributed by atoms with van der Waals surface area (Å²) in [6, 6.07) is 10.1. The van der Waals surface area contributed by atoms with Crippen LogP contribution in [-0.4, -0.2) is 54.3 Å². The summed E-state index contributed by atoms with van der Waals surface area (Å²) in [6.45, 7) is 11.6. The van der Waals surface area contributed by atoms with E-state index in [4.69, 9.17) is 9.26 Å². The van der Waals surface area contributed by atoms with Gasteiger partial charge in [0, 0.05) is 31.7 Å². The van der Waals surface area contributed by atoms with E-state index in [-0.39, 0.29) is 0 Å². The van der Waals surface area contributed by atoms with Crippen molar-refractivity contribution >= 4 is 0 Å². The summed E-state index contributed by atoms with van der Waals surface area (Å²) < 4.78 is 11.2. The molecular formula is C22H31N3O2. The number of ether oxygens (including phenoxy) is 1. The predicted octanol–water partition coefficient (Wildman–Crippen LogP) is 3.66. The zero-order chi connectivity index (χ0) is 18.7. The number of aryl methyl sites for hydroxylation is 2. The second-order valence-corrected chi connectivity index (χ2v) is 8.30. The Morgan fingerprint density at radius 2 is 1.89 bits per heavy atom. The highest BCUT2D eigenvalue weighted by Gasteiger charge is 2.41. The van der Waals surface area contributed by atoms with Crippen LogP contribution in [0.3, 0.4) is 0 Å². The van der Waals surface area contributed by atoms with E-state index in [1.807, 2.05) is 44.2 Å². The van der Waals surface area contributed by atoms with E-state index in [0.29, 0.717) is 5.41 Å². The van der Waals surface area contributed by atoms with Gasteiger partial charge in [-0.05, 0) is 63.7 Å². The first-order chi connectivity index (χ1) is 13.1. The molecule has 2 saturated heterocycles. The third-order valence-corrected chi connectivity index (χ3v) is 6.24. The molecule has 3 heterocycles. The van der Waals surface area contributed by atoms with Crippen LogP contribution in [0.2, 0.25) is 0 Å². The summed E-state index contributed by atoms with van der Waals surface area (Å²) in [6.07, 6.45) is 3.94. The van der Waals surface area contributed by atoms with Crippen LogP contribution in [0.5, 0.6) is 5.75 Å². The predicted molar refractivity (Wildman–Crippen MR) is 106 cm³/mol. The number of aromatic nitrogens is 1. The van der Waals surface area contributed by atoms with Gasteiger partial charge >= 0.3 is 0 Å². The van der Waals surface area contributed by atoms with Gasteiger partial charge in [-0.1, -0.05) is 23.4 Å². The fourth-order valence-electron chi connectivity index (χ4n) is 4.76. The minimum atomic E-state index is 0.448. The summed E-state index contributed by atoms with van der Waals surface area (Å²) in [5, 5.41) is 4.11. The topological polar surface area (TPSA) is 41.7 Å². The third kappa shape index (κ3) is 4.36. The minimum Gasteiger partial charge on any atom is -0.492 e. The van der Waals surface area contributed by atoms with E-state index in [9.17, 15) is 0 Å². The third-order valence-electron chi connectivity index (χ3n) is 6.24. The number of likely N-dealkylation sites (tertiary alicyclic amines) is 2. The highest BCUT2D eigenvalue weighted by atomic mass is 16.5. The number of hydrogen-bond acceptors (Lipinski definition) is 5. The SMILES string of the molecule is Cc1noc(C)c1CN1CC[C@@]2(CCCN(CCOc3ccccc3)C2)C1. The van der Waals surface area contributed by atoms with Crippen LogP contribution in [0.15, 0.2) is 34.9 Å². The molecule has 4 rings (SSSR count). The largest absolute Gasteiger partial charge is 0.492 e. The molecule has 1 atom stereocenters. The quantitative estimate of drug-likeness (QED) is 0.777. The van der Waals surface area contributed by atoms with Gasteiger partial charge in [-0.15, -0.1) is 0 Å². The molecule has 2 aromatic rings. The van der Waals surface area contributed by atoms with Gasteiger partial charge in [-0.25, -0.2) is 0 Å². The Morgan fingerprint density at radius 3 is 2.67 bits per heavy atom. The zero-order valence-corrected chi connectivity index (χ0v) is 16.6. The smallest absolute Gasteiger partial charge is 0.138 e. The van der Waals surface area contributed by atoms with Gasteiger partial charge in [0.15, 0.2) is 0 Å². The Bertz CT molecular complexity index is 726. The van der Waals surface area contributed by atoms with Crippen LogP contribution in [-0.2, 0) is 6.54 Å². The van der Waals surface area contributed by atoms with E-state index in [2.05, 4.69) is 15.0 Å². The molecule has 146 valence electrons. The first-order valence-electron chi connectivity index (χ1n) is 10.2. The Hall–Kier alpha value is -1.85. The molecule has 1 spiro atoms. The van der Waals surface area contributed by atoms with Crippen molar-refractivity contribution in [3.05, 3.63) is 47.3 Å². The van der Waals surface area contributed by atoms with Gasteiger partial charge < -0.3 is 9.26 Å². The number of benzene rings is 1. The number of hydrogen-bond donors (Lipinski definition) is 0. The van der Waals surface area contributed by atoms with Crippen molar-refractivity contribution in [3.8, 4) is 5.75 Å². The molecule has 2 fully saturated rings. The van der Waals surface area contributed by atoms with Gasteiger partial charge in [0.25, 0.3) is 0 Å². The van der Waals surface area contributed by atoms with Crippen LogP contribution >= 0.6 is 0 Å². The van der Waals surface area contributed by atoms with Gasteiger partial charge in [-0.3, -0.25) is 9.80 Å². The lowest BCUT2D eigenvalue weighted by molar-refractivity contribution is 0.0804. The molecule has 27 heavy (non-hydrogen) atoms. The average Bonchev–Trinajstić information content (AvgIpc) is 3.21. The van der Waals surface area contributed by atoms with Crippen LogP contribution in [0.4, 0.5) is 0 Å². The van der Waals surface area contributed by atoms with Crippen molar-refractivity contribution in [1.29, 1.82) is 0 Å². The average molecular weight is 370 g/mol. The molecule has 0 saturated carbocycles. The van der Waals surface area contributed by atoms with Gasteiger partial charge in [0.2, 0.25) is 0 Å². The highest BCUT2D eigenvalue weighted by Crippen LogP contribution is 2.39. The van der Waals surface area contributed by atoms with Crippen molar-refractivity contribution in [2.45, 2.75) is 39.7 Å². The highest BCUT2D eigenvalue weighted by molar-refractivity contribution is 5.21. The summed E-state index contributed by atoms with van der Waals surface area (Å²) >= 11 is 0. The number of nitrogens with zero attached hydrogens (tertiary/aromatic N) is 3. The zero-order valence-electron chi connectivity index (χ0n) is 16.6. The summed E-state index contributed by atoms with van der Waals surface area (Å²) in [7, 11) is 0. The standard InChI is InChI=1S/C22H31N3O2/c1-18-21(19(2)27-23-18)15-25-12-10-22(17-25)9-6-11-24(16-22)13-14-26-20-7-4-3-5-8-20/h3-5,7-8H,6,9-17H2,1-2H3/t22-/m1/s1. The maximum absolute atomic E-state index is 5.91. The Kier molecular flexibility index (Phi) is 5.50. The van der Waals surface area contributed by atoms with E-state index in [1.54, 1.807) is 0 Å². The van der Waals surface area contributed by atoms with Crippen LogP contribution in [0, 0.1) is 19.3 Å². The summed E-state index contributed by atoms with van der Waals surface area (Å²) in [5.74, 6) is 1.94. The molecule has 0 N–H and O–H groups in total. The summed E-state index contributed by atoms with van der Waals surface area (Å²) in [4.78, 5) is 5.20. The van der Waals surface area contributed by atoms with Crippen molar-refractivity contribution in [1.82, 2.24) is 15.0 Å². The lowest BCUT2D eigenvalue weighted by Gasteiger charge is -2.40. The molecule has 1 aromatic heterocycles. The molecule has 0 unspecified atom stereocenters. The van der Waals surface area contributed by atoms with E-state index >= 15 is 0 Å². The molecule has 2 aliphatic rings. The monoisotopic (exact) mass is 369 g/mol. The molecule has 5 nitrogen and oxygen atoms in total. The van der Waals surface area contributed by atoms with Crippen LogP contribution < -0.4 is 4.74 Å². The van der Waals surface area contributed by atoms with E-state index in [1.165, 1.54) is 51.0 Å². The fraction of sp³-hybridized carbons (Fsp3) is 0.591. The maximum atomic E-state index is 5.91. The second kappa shape index (κ2) is 8.03. The molecule has 0 radical (unpaired) electrons. The van der Waals surface area contributed by atoms with Crippen molar-refractivity contribution in [3.63, 3.8) is 0 Å². The Labute approximate surface area is 162 Å². The molecule has 5 heteroatoms. The molecule has 0 bridgehead atoms. The van der Waals surface area contributed by atoms with Crippen LogP contribution in [0.1, 0.15) is 36.3 Å². The lowest BCUT2D eigenvalue weighted by atomic mass is 9.79. The first kappa shape index (κ1) is 18.5. The second-order valence-electron chi connectivity index (χ2n) is 8.30. The summed E-state index contributed by atoms with van der Waals surface area (Å²) in [5.41, 5.74) is 2.76. The van der Waals surface area contributed by atoms with Crippen molar-refractivity contribution in [2.75, 3.05) is 39.3 Å². The Morgan fingerprint density at radius 1 is 1.07 bits per heavy atom. The number of para-hydroxylation sites is 1. The van der Waals surface area contributed by atoms with Gasteiger partial charge in [0.1, 0.15) is 18.1 Å². The molecular weight excluding hydrogens is 338 g/mol. The lowest BCUT2D eigenvalue weighted by Crippen LogP contribution is -2.46. The number of rotatable bonds is 6. The number of piperidine rings is 1. The maximum Gasteiger partial charge on any atom is 0.138 e. The van der Waals surface area contributed by atoms with E-state index < -0.39 is 0 Å².